The van der Waals surface area contributed by atoms with Crippen LogP contribution in [-0.2, 0) is 4.74 Å². The molecule has 72 valence electrons. The third-order valence-corrected chi connectivity index (χ3v) is 2.06. The number of H-pyrrole nitrogens is 1. The Bertz CT molecular complexity index is 490. The molecule has 3 N–H and O–H groups in total. The van der Waals surface area contributed by atoms with E-state index < -0.39 is 5.97 Å². The maximum Gasteiger partial charge on any atom is 0.340 e. The molecule has 14 heavy (non-hydrogen) atoms. The number of methoxy groups -OCH3 is 1. The topological polar surface area (TPSA) is 81.0 Å². The second-order valence-corrected chi connectivity index (χ2v) is 2.85. The summed E-state index contributed by atoms with van der Waals surface area (Å²) in [5, 5.41) is 7.43. The molecule has 0 atom stereocenters. The zero-order valence-electron chi connectivity index (χ0n) is 7.57. The van der Waals surface area contributed by atoms with Crippen LogP contribution in [0.15, 0.2) is 18.3 Å². The number of hydrogen-bond donors (Lipinski definition) is 2. The Balaban J connectivity index is 2.67. The number of nitrogens with zero attached hydrogens (tertiary/aromatic N) is 1. The predicted octanol–water partition coefficient (Wildman–Crippen LogP) is 0.932. The number of aromatic nitrogens is 2. The van der Waals surface area contributed by atoms with E-state index in [4.69, 9.17) is 5.73 Å². The van der Waals surface area contributed by atoms with Crippen molar-refractivity contribution in [3.05, 3.63) is 23.9 Å². The lowest BCUT2D eigenvalue weighted by Crippen LogP contribution is -2.05. The Labute approximate surface area is 79.9 Å². The maximum atomic E-state index is 11.3. The molecule has 0 fully saturated rings. The molecule has 5 nitrogen and oxygen atoms in total. The highest BCUT2D eigenvalue weighted by Crippen LogP contribution is 2.22. The van der Waals surface area contributed by atoms with E-state index in [1.165, 1.54) is 7.11 Å². The summed E-state index contributed by atoms with van der Waals surface area (Å²) in [6.07, 6.45) is 1.65. The Morgan fingerprint density at radius 1 is 1.57 bits per heavy atom. The summed E-state index contributed by atoms with van der Waals surface area (Å²) in [5.41, 5.74) is 7.15. The standard InChI is InChI=1S/C9H9N3O2/c1-14-9(13)6-3-2-5-4-11-12-8(5)7(6)10/h2-4H,10H2,1H3,(H,11,12). The monoisotopic (exact) mass is 191 g/mol. The summed E-state index contributed by atoms with van der Waals surface area (Å²) >= 11 is 0. The number of benzene rings is 1. The third-order valence-electron chi connectivity index (χ3n) is 2.06. The number of anilines is 1. The van der Waals surface area contributed by atoms with Gasteiger partial charge in [0.2, 0.25) is 0 Å². The highest BCUT2D eigenvalue weighted by molar-refractivity contribution is 6.03. The summed E-state index contributed by atoms with van der Waals surface area (Å²) in [6, 6.07) is 3.39. The number of carbonyl (C=O) groups excluding carboxylic acids is 1. The first kappa shape index (κ1) is 8.55. The summed E-state index contributed by atoms with van der Waals surface area (Å²) in [7, 11) is 1.32. The van der Waals surface area contributed by atoms with Crippen LogP contribution in [0.25, 0.3) is 10.9 Å². The molecule has 5 heteroatoms. The number of aromatic amines is 1. The number of rotatable bonds is 1. The summed E-state index contributed by atoms with van der Waals surface area (Å²) in [6.45, 7) is 0. The number of nitrogen functional groups attached to an aromatic ring is 1. The molecule has 1 heterocycles. The van der Waals surface area contributed by atoms with Gasteiger partial charge in [0, 0.05) is 5.39 Å². The Kier molecular flexibility index (Phi) is 1.85. The minimum absolute atomic E-state index is 0.351. The molecule has 0 radical (unpaired) electrons. The van der Waals surface area contributed by atoms with E-state index in [-0.39, 0.29) is 0 Å². The normalized spacial score (nSPS) is 10.4. The van der Waals surface area contributed by atoms with Crippen LogP contribution in [0, 0.1) is 0 Å². The molecular weight excluding hydrogens is 182 g/mol. The lowest BCUT2D eigenvalue weighted by molar-refractivity contribution is 0.0602. The van der Waals surface area contributed by atoms with Gasteiger partial charge in [-0.3, -0.25) is 5.10 Å². The van der Waals surface area contributed by atoms with Crippen molar-refractivity contribution in [2.45, 2.75) is 0 Å². The molecule has 0 unspecified atom stereocenters. The van der Waals surface area contributed by atoms with Crippen LogP contribution in [0.5, 0.6) is 0 Å². The van der Waals surface area contributed by atoms with Gasteiger partial charge >= 0.3 is 5.97 Å². The first-order chi connectivity index (χ1) is 6.74. The number of hydrogen-bond acceptors (Lipinski definition) is 4. The summed E-state index contributed by atoms with van der Waals surface area (Å²) in [5.74, 6) is -0.445. The van der Waals surface area contributed by atoms with Crippen LogP contribution in [-0.4, -0.2) is 23.3 Å². The number of nitrogens with one attached hydrogen (secondary N) is 1. The van der Waals surface area contributed by atoms with E-state index in [1.54, 1.807) is 18.3 Å². The zero-order chi connectivity index (χ0) is 10.1. The number of ether oxygens (including phenoxy) is 1. The van der Waals surface area contributed by atoms with Crippen LogP contribution in [0.1, 0.15) is 10.4 Å². The van der Waals surface area contributed by atoms with Crippen molar-refractivity contribution in [3.63, 3.8) is 0 Å². The quantitative estimate of drug-likeness (QED) is 0.519. The molecule has 0 aliphatic rings. The zero-order valence-corrected chi connectivity index (χ0v) is 7.57. The molecule has 0 aliphatic carbocycles. The second kappa shape index (κ2) is 3.02. The SMILES string of the molecule is COC(=O)c1ccc2cn[nH]c2c1N. The fourth-order valence-electron chi connectivity index (χ4n) is 1.32. The van der Waals surface area contributed by atoms with Crippen LogP contribution < -0.4 is 5.73 Å². The van der Waals surface area contributed by atoms with Crippen molar-refractivity contribution in [3.8, 4) is 0 Å². The van der Waals surface area contributed by atoms with Gasteiger partial charge in [0.15, 0.2) is 0 Å². The number of carbonyl (C=O) groups is 1. The van der Waals surface area contributed by atoms with Crippen LogP contribution >= 0.6 is 0 Å². The fourth-order valence-corrected chi connectivity index (χ4v) is 1.32. The van der Waals surface area contributed by atoms with E-state index in [0.29, 0.717) is 16.8 Å². The molecule has 0 saturated heterocycles. The molecule has 0 aliphatic heterocycles. The molecular formula is C9H9N3O2. The number of esters is 1. The van der Waals surface area contributed by atoms with Gasteiger partial charge in [-0.15, -0.1) is 0 Å². The average Bonchev–Trinajstić information content (AvgIpc) is 2.66. The smallest absolute Gasteiger partial charge is 0.340 e. The van der Waals surface area contributed by atoms with Crippen LogP contribution in [0.3, 0.4) is 0 Å². The number of nitrogens with two attached hydrogens (primary N) is 1. The van der Waals surface area contributed by atoms with E-state index in [9.17, 15) is 4.79 Å². The van der Waals surface area contributed by atoms with E-state index >= 15 is 0 Å². The molecule has 0 amide bonds. The molecule has 0 spiro atoms. The molecule has 2 rings (SSSR count). The molecule has 1 aromatic carbocycles. The van der Waals surface area contributed by atoms with Gasteiger partial charge in [-0.25, -0.2) is 4.79 Å². The van der Waals surface area contributed by atoms with Crippen molar-refractivity contribution in [2.75, 3.05) is 12.8 Å². The minimum Gasteiger partial charge on any atom is -0.465 e. The van der Waals surface area contributed by atoms with Gasteiger partial charge in [-0.2, -0.15) is 5.10 Å². The van der Waals surface area contributed by atoms with Crippen molar-refractivity contribution >= 4 is 22.6 Å². The van der Waals surface area contributed by atoms with E-state index in [0.717, 1.165) is 5.39 Å². The van der Waals surface area contributed by atoms with Crippen molar-refractivity contribution in [1.29, 1.82) is 0 Å². The first-order valence-electron chi connectivity index (χ1n) is 4.04. The van der Waals surface area contributed by atoms with E-state index in [1.807, 2.05) is 0 Å². The average molecular weight is 191 g/mol. The highest BCUT2D eigenvalue weighted by Gasteiger charge is 2.12. The van der Waals surface area contributed by atoms with Gasteiger partial charge < -0.3 is 10.5 Å². The Morgan fingerprint density at radius 2 is 2.36 bits per heavy atom. The van der Waals surface area contributed by atoms with Gasteiger partial charge in [0.25, 0.3) is 0 Å². The molecule has 0 saturated carbocycles. The van der Waals surface area contributed by atoms with Gasteiger partial charge in [-0.05, 0) is 6.07 Å². The second-order valence-electron chi connectivity index (χ2n) is 2.85. The van der Waals surface area contributed by atoms with Crippen molar-refractivity contribution in [1.82, 2.24) is 10.2 Å². The molecule has 1 aromatic heterocycles. The van der Waals surface area contributed by atoms with Gasteiger partial charge in [0.05, 0.1) is 30.1 Å². The lowest BCUT2D eigenvalue weighted by Gasteiger charge is -2.03. The first-order valence-corrected chi connectivity index (χ1v) is 4.04. The maximum absolute atomic E-state index is 11.3. The molecule has 0 bridgehead atoms. The minimum atomic E-state index is -0.445. The van der Waals surface area contributed by atoms with Crippen LogP contribution in [0.2, 0.25) is 0 Å². The molecule has 2 aromatic rings. The number of fused-ring (bicyclic) bond motifs is 1. The Morgan fingerprint density at radius 3 is 3.07 bits per heavy atom. The highest BCUT2D eigenvalue weighted by atomic mass is 16.5. The lowest BCUT2D eigenvalue weighted by atomic mass is 10.1. The fraction of sp³-hybridized carbons (Fsp3) is 0.111. The van der Waals surface area contributed by atoms with Gasteiger partial charge in [0.1, 0.15) is 0 Å². The van der Waals surface area contributed by atoms with E-state index in [2.05, 4.69) is 14.9 Å². The van der Waals surface area contributed by atoms with Gasteiger partial charge in [-0.1, -0.05) is 6.07 Å². The Hall–Kier alpha value is -2.04. The summed E-state index contributed by atoms with van der Waals surface area (Å²) < 4.78 is 4.59. The predicted molar refractivity (Wildman–Crippen MR) is 51.8 cm³/mol. The summed E-state index contributed by atoms with van der Waals surface area (Å²) in [4.78, 5) is 11.3. The van der Waals surface area contributed by atoms with Crippen molar-refractivity contribution < 1.29 is 9.53 Å². The largest absolute Gasteiger partial charge is 0.465 e. The third kappa shape index (κ3) is 1.10. The van der Waals surface area contributed by atoms with Crippen LogP contribution in [0.4, 0.5) is 5.69 Å². The van der Waals surface area contributed by atoms with Crippen molar-refractivity contribution in [2.24, 2.45) is 0 Å².